The predicted octanol–water partition coefficient (Wildman–Crippen LogP) is 4.25. The van der Waals surface area contributed by atoms with E-state index in [-0.39, 0.29) is 23.4 Å². The summed E-state index contributed by atoms with van der Waals surface area (Å²) in [6.45, 7) is 4.16. The smallest absolute Gasteiger partial charge is 0.264 e. The van der Waals surface area contributed by atoms with Gasteiger partial charge in [-0.1, -0.05) is 36.4 Å². The van der Waals surface area contributed by atoms with E-state index < -0.39 is 10.0 Å². The van der Waals surface area contributed by atoms with Crippen LogP contribution in [-0.4, -0.2) is 53.5 Å². The molecule has 1 amide bonds. The Kier molecular flexibility index (Phi) is 8.53. The Hall–Kier alpha value is -3.36. The van der Waals surface area contributed by atoms with Crippen LogP contribution in [0.4, 0.5) is 5.69 Å². The fraction of sp³-hybridized carbons (Fsp3) is 0.296. The Morgan fingerprint density at radius 1 is 1.00 bits per heavy atom. The van der Waals surface area contributed by atoms with Crippen LogP contribution in [0.15, 0.2) is 77.7 Å². The zero-order chi connectivity index (χ0) is 25.6. The number of benzene rings is 3. The van der Waals surface area contributed by atoms with Gasteiger partial charge in [0.25, 0.3) is 15.9 Å². The van der Waals surface area contributed by atoms with Crippen LogP contribution < -0.4 is 14.4 Å². The number of likely N-dealkylation sites (N-methyl/N-ethyl adjacent to an activating group) is 1. The molecule has 3 aromatic carbocycles. The number of hydrogen-bond acceptors (Lipinski definition) is 5. The van der Waals surface area contributed by atoms with Crippen molar-refractivity contribution in [2.75, 3.05) is 38.6 Å². The normalized spacial score (nSPS) is 12.3. The molecule has 186 valence electrons. The highest BCUT2D eigenvalue weighted by atomic mass is 32.2. The highest BCUT2D eigenvalue weighted by molar-refractivity contribution is 7.92. The highest BCUT2D eigenvalue weighted by Crippen LogP contribution is 2.26. The zero-order valence-electron chi connectivity index (χ0n) is 20.9. The second-order valence-corrected chi connectivity index (χ2v) is 10.3. The average Bonchev–Trinajstić information content (AvgIpc) is 2.85. The molecule has 1 atom stereocenters. The van der Waals surface area contributed by atoms with Crippen molar-refractivity contribution in [3.63, 3.8) is 0 Å². The van der Waals surface area contributed by atoms with Crippen molar-refractivity contribution in [1.82, 2.24) is 10.2 Å². The van der Waals surface area contributed by atoms with E-state index >= 15 is 0 Å². The Bertz CT molecular complexity index is 1240. The van der Waals surface area contributed by atoms with Crippen LogP contribution in [0.25, 0.3) is 0 Å². The number of aryl methyl sites for hydroxylation is 1. The van der Waals surface area contributed by atoms with Crippen molar-refractivity contribution in [1.29, 1.82) is 0 Å². The molecule has 0 aliphatic carbocycles. The lowest BCUT2D eigenvalue weighted by Crippen LogP contribution is -2.35. The first-order valence-corrected chi connectivity index (χ1v) is 12.9. The fourth-order valence-electron chi connectivity index (χ4n) is 3.94. The number of carbonyl (C=O) groups excluding carboxylic acids is 1. The molecule has 0 heterocycles. The van der Waals surface area contributed by atoms with E-state index in [1.165, 1.54) is 10.4 Å². The summed E-state index contributed by atoms with van der Waals surface area (Å²) >= 11 is 0. The maximum atomic E-state index is 13.5. The third kappa shape index (κ3) is 6.01. The largest absolute Gasteiger partial charge is 0.497 e. The van der Waals surface area contributed by atoms with Gasteiger partial charge in [-0.2, -0.15) is 0 Å². The molecule has 0 spiro atoms. The Labute approximate surface area is 208 Å². The van der Waals surface area contributed by atoms with Crippen LogP contribution in [0.1, 0.15) is 34.5 Å². The van der Waals surface area contributed by atoms with E-state index in [9.17, 15) is 13.2 Å². The summed E-state index contributed by atoms with van der Waals surface area (Å²) in [6, 6.07) is 21.4. The van der Waals surface area contributed by atoms with Gasteiger partial charge in [0.2, 0.25) is 0 Å². The van der Waals surface area contributed by atoms with E-state index in [1.807, 2.05) is 49.3 Å². The van der Waals surface area contributed by atoms with Gasteiger partial charge in [0.05, 0.1) is 23.7 Å². The maximum absolute atomic E-state index is 13.5. The number of nitrogens with one attached hydrogen (secondary N) is 1. The Balaban J connectivity index is 1.83. The lowest BCUT2D eigenvalue weighted by Gasteiger charge is -2.26. The SMILES string of the molecule is CCN(c1ccccc1)S(=O)(=O)c1cc(C(=O)NC[C@@H](c2ccc(OC)cc2)N(C)C)ccc1C. The summed E-state index contributed by atoms with van der Waals surface area (Å²) in [7, 11) is 1.66. The first-order chi connectivity index (χ1) is 16.7. The molecule has 0 fully saturated rings. The summed E-state index contributed by atoms with van der Waals surface area (Å²) in [6.07, 6.45) is 0. The van der Waals surface area contributed by atoms with Gasteiger partial charge in [-0.3, -0.25) is 9.10 Å². The van der Waals surface area contributed by atoms with Crippen molar-refractivity contribution < 1.29 is 17.9 Å². The number of hydrogen-bond donors (Lipinski definition) is 1. The highest BCUT2D eigenvalue weighted by Gasteiger charge is 2.26. The minimum Gasteiger partial charge on any atom is -0.497 e. The number of carbonyl (C=O) groups is 1. The first kappa shape index (κ1) is 26.2. The number of ether oxygens (including phenoxy) is 1. The molecule has 3 aromatic rings. The summed E-state index contributed by atoms with van der Waals surface area (Å²) < 4.78 is 33.6. The van der Waals surface area contributed by atoms with Gasteiger partial charge in [-0.15, -0.1) is 0 Å². The van der Waals surface area contributed by atoms with E-state index in [4.69, 9.17) is 4.74 Å². The summed E-state index contributed by atoms with van der Waals surface area (Å²) in [4.78, 5) is 15.2. The van der Waals surface area contributed by atoms with E-state index in [0.29, 0.717) is 23.4 Å². The standard InChI is InChI=1S/C27H33N3O4S/c1-6-30(23-10-8-7-9-11-23)35(32,33)26-18-22(13-12-20(26)2)27(31)28-19-25(29(3)4)21-14-16-24(34-5)17-15-21/h7-18,25H,6,19H2,1-5H3,(H,28,31)/t25-/m0/s1. The molecule has 0 aliphatic rings. The molecule has 0 aliphatic heterocycles. The zero-order valence-corrected chi connectivity index (χ0v) is 21.7. The second-order valence-electron chi connectivity index (χ2n) is 8.45. The van der Waals surface area contributed by atoms with Crippen LogP contribution >= 0.6 is 0 Å². The lowest BCUT2D eigenvalue weighted by atomic mass is 10.1. The third-order valence-corrected chi connectivity index (χ3v) is 7.97. The van der Waals surface area contributed by atoms with E-state index in [1.54, 1.807) is 57.4 Å². The number of para-hydroxylation sites is 1. The van der Waals surface area contributed by atoms with Gasteiger partial charge >= 0.3 is 0 Å². The fourth-order valence-corrected chi connectivity index (χ4v) is 5.67. The van der Waals surface area contributed by atoms with Gasteiger partial charge in [0, 0.05) is 18.7 Å². The summed E-state index contributed by atoms with van der Waals surface area (Å²) in [5, 5.41) is 2.96. The van der Waals surface area contributed by atoms with Gasteiger partial charge in [-0.05, 0) is 75.5 Å². The van der Waals surface area contributed by atoms with Crippen LogP contribution in [-0.2, 0) is 10.0 Å². The summed E-state index contributed by atoms with van der Waals surface area (Å²) in [5.41, 5.74) is 2.49. The van der Waals surface area contributed by atoms with Crippen molar-refractivity contribution >= 4 is 21.6 Å². The molecule has 7 nitrogen and oxygen atoms in total. The molecule has 35 heavy (non-hydrogen) atoms. The van der Waals surface area contributed by atoms with Crippen LogP contribution in [0, 0.1) is 6.92 Å². The number of anilines is 1. The first-order valence-electron chi connectivity index (χ1n) is 11.5. The molecule has 0 bridgehead atoms. The Morgan fingerprint density at radius 3 is 2.23 bits per heavy atom. The number of amides is 1. The second kappa shape index (κ2) is 11.4. The maximum Gasteiger partial charge on any atom is 0.264 e. The van der Waals surface area contributed by atoms with Crippen LogP contribution in [0.2, 0.25) is 0 Å². The molecule has 1 N–H and O–H groups in total. The minimum atomic E-state index is -3.85. The molecule has 3 rings (SSSR count). The third-order valence-electron chi connectivity index (χ3n) is 5.93. The van der Waals surface area contributed by atoms with E-state index in [0.717, 1.165) is 11.3 Å². The van der Waals surface area contributed by atoms with E-state index in [2.05, 4.69) is 5.32 Å². The molecular weight excluding hydrogens is 462 g/mol. The van der Waals surface area contributed by atoms with Gasteiger partial charge in [0.15, 0.2) is 0 Å². The minimum absolute atomic E-state index is 0.0628. The van der Waals surface area contributed by atoms with Crippen molar-refractivity contribution in [2.45, 2.75) is 24.8 Å². The van der Waals surface area contributed by atoms with Gasteiger partial charge in [-0.25, -0.2) is 8.42 Å². The molecule has 0 saturated heterocycles. The average molecular weight is 496 g/mol. The number of methoxy groups -OCH3 is 1. The topological polar surface area (TPSA) is 79.0 Å². The lowest BCUT2D eigenvalue weighted by molar-refractivity contribution is 0.0941. The van der Waals surface area contributed by atoms with Crippen LogP contribution in [0.5, 0.6) is 5.75 Å². The molecule has 0 aromatic heterocycles. The molecule has 0 saturated carbocycles. The monoisotopic (exact) mass is 495 g/mol. The van der Waals surface area contributed by atoms with Crippen molar-refractivity contribution in [3.8, 4) is 5.75 Å². The van der Waals surface area contributed by atoms with Gasteiger partial charge < -0.3 is 15.0 Å². The molecule has 8 heteroatoms. The predicted molar refractivity (Wildman–Crippen MR) is 140 cm³/mol. The van der Waals surface area contributed by atoms with Crippen molar-refractivity contribution in [3.05, 3.63) is 89.5 Å². The van der Waals surface area contributed by atoms with Gasteiger partial charge in [0.1, 0.15) is 5.75 Å². The van der Waals surface area contributed by atoms with Crippen molar-refractivity contribution in [2.24, 2.45) is 0 Å². The number of nitrogens with zero attached hydrogens (tertiary/aromatic N) is 2. The quantitative estimate of drug-likeness (QED) is 0.455. The summed E-state index contributed by atoms with van der Waals surface area (Å²) in [5.74, 6) is 0.435. The molecule has 0 unspecified atom stereocenters. The number of sulfonamides is 1. The number of rotatable bonds is 10. The molecule has 0 radical (unpaired) electrons. The molecular formula is C27H33N3O4S. The van der Waals surface area contributed by atoms with Crippen LogP contribution in [0.3, 0.4) is 0 Å². The Morgan fingerprint density at radius 2 is 1.66 bits per heavy atom.